The van der Waals surface area contributed by atoms with Crippen LogP contribution in [0.25, 0.3) is 0 Å². The number of nitrogens with zero attached hydrogens (tertiary/aromatic N) is 1. The van der Waals surface area contributed by atoms with Crippen LogP contribution in [0, 0.1) is 5.92 Å². The number of hydrogen-bond donors (Lipinski definition) is 1. The Morgan fingerprint density at radius 3 is 2.24 bits per heavy atom. The quantitative estimate of drug-likeness (QED) is 0.716. The predicted molar refractivity (Wildman–Crippen MR) is 90.4 cm³/mol. The number of rotatable bonds is 10. The van der Waals surface area contributed by atoms with Gasteiger partial charge in [-0.1, -0.05) is 45.0 Å². The normalized spacial score (nSPS) is 13.1. The van der Waals surface area contributed by atoms with Gasteiger partial charge in [0, 0.05) is 26.2 Å². The lowest BCUT2D eigenvalue weighted by Gasteiger charge is -2.27. The van der Waals surface area contributed by atoms with Crippen molar-refractivity contribution in [1.29, 1.82) is 0 Å². The van der Waals surface area contributed by atoms with Crippen LogP contribution in [-0.2, 0) is 17.8 Å². The summed E-state index contributed by atoms with van der Waals surface area (Å²) < 4.78 is 5.26. The maximum absolute atomic E-state index is 5.26. The molecular formula is C18H32N2O. The van der Waals surface area contributed by atoms with Crippen LogP contribution in [0.2, 0.25) is 0 Å². The zero-order valence-electron chi connectivity index (χ0n) is 14.4. The molecule has 1 atom stereocenters. The van der Waals surface area contributed by atoms with Crippen LogP contribution in [0.3, 0.4) is 0 Å². The first-order valence-corrected chi connectivity index (χ1v) is 8.08. The Morgan fingerprint density at radius 1 is 1.10 bits per heavy atom. The monoisotopic (exact) mass is 292 g/mol. The minimum atomic E-state index is 0.451. The molecule has 0 aromatic heterocycles. The zero-order valence-corrected chi connectivity index (χ0v) is 14.4. The molecule has 0 saturated carbocycles. The van der Waals surface area contributed by atoms with Gasteiger partial charge in [-0.2, -0.15) is 0 Å². The number of hydrogen-bond acceptors (Lipinski definition) is 3. The first-order valence-electron chi connectivity index (χ1n) is 8.08. The van der Waals surface area contributed by atoms with Gasteiger partial charge in [0.15, 0.2) is 0 Å². The summed E-state index contributed by atoms with van der Waals surface area (Å²) in [6.45, 7) is 13.7. The van der Waals surface area contributed by atoms with Gasteiger partial charge in [-0.15, -0.1) is 0 Å². The second-order valence-corrected chi connectivity index (χ2v) is 6.21. The van der Waals surface area contributed by atoms with E-state index < -0.39 is 0 Å². The Labute approximate surface area is 130 Å². The van der Waals surface area contributed by atoms with Crippen LogP contribution in [-0.4, -0.2) is 37.7 Å². The second kappa shape index (κ2) is 9.93. The molecule has 1 N–H and O–H groups in total. The highest BCUT2D eigenvalue weighted by Gasteiger charge is 2.11. The molecule has 0 amide bonds. The largest absolute Gasteiger partial charge is 0.383 e. The van der Waals surface area contributed by atoms with Crippen LogP contribution < -0.4 is 5.32 Å². The van der Waals surface area contributed by atoms with E-state index in [1.165, 1.54) is 11.1 Å². The van der Waals surface area contributed by atoms with Crippen molar-refractivity contribution in [2.75, 3.05) is 26.8 Å². The molecule has 0 spiro atoms. The summed E-state index contributed by atoms with van der Waals surface area (Å²) in [6, 6.07) is 9.41. The van der Waals surface area contributed by atoms with Crippen molar-refractivity contribution in [3.05, 3.63) is 35.4 Å². The van der Waals surface area contributed by atoms with Gasteiger partial charge < -0.3 is 10.1 Å². The third-order valence-electron chi connectivity index (χ3n) is 3.73. The summed E-state index contributed by atoms with van der Waals surface area (Å²) in [5.41, 5.74) is 2.72. The third kappa shape index (κ3) is 7.07. The van der Waals surface area contributed by atoms with Crippen molar-refractivity contribution in [3.63, 3.8) is 0 Å². The molecule has 0 radical (unpaired) electrons. The van der Waals surface area contributed by atoms with E-state index in [4.69, 9.17) is 4.74 Å². The summed E-state index contributed by atoms with van der Waals surface area (Å²) in [5, 5.41) is 3.48. The minimum Gasteiger partial charge on any atom is -0.383 e. The maximum Gasteiger partial charge on any atom is 0.0615 e. The van der Waals surface area contributed by atoms with Gasteiger partial charge in [0.1, 0.15) is 0 Å². The highest BCUT2D eigenvalue weighted by Crippen LogP contribution is 2.10. The Balaban J connectivity index is 2.49. The molecule has 21 heavy (non-hydrogen) atoms. The molecule has 0 aliphatic rings. The molecule has 1 aromatic rings. The van der Waals surface area contributed by atoms with E-state index >= 15 is 0 Å². The van der Waals surface area contributed by atoms with Crippen molar-refractivity contribution < 1.29 is 4.74 Å². The minimum absolute atomic E-state index is 0.451. The summed E-state index contributed by atoms with van der Waals surface area (Å²) >= 11 is 0. The molecule has 1 aromatic carbocycles. The first kappa shape index (κ1) is 18.1. The molecule has 1 unspecified atom stereocenters. The molecule has 0 fully saturated rings. The number of nitrogens with one attached hydrogen (secondary N) is 1. The lowest BCUT2D eigenvalue weighted by molar-refractivity contribution is 0.0982. The summed E-state index contributed by atoms with van der Waals surface area (Å²) in [5.74, 6) is 0.699. The van der Waals surface area contributed by atoms with Crippen molar-refractivity contribution in [1.82, 2.24) is 10.2 Å². The van der Waals surface area contributed by atoms with Crippen LogP contribution >= 0.6 is 0 Å². The van der Waals surface area contributed by atoms with Gasteiger partial charge in [0.2, 0.25) is 0 Å². The van der Waals surface area contributed by atoms with Crippen LogP contribution in [0.1, 0.15) is 38.8 Å². The maximum atomic E-state index is 5.26. The fourth-order valence-corrected chi connectivity index (χ4v) is 2.43. The predicted octanol–water partition coefficient (Wildman–Crippen LogP) is 3.29. The van der Waals surface area contributed by atoms with Gasteiger partial charge in [0.05, 0.1) is 6.61 Å². The highest BCUT2D eigenvalue weighted by molar-refractivity contribution is 5.22. The molecule has 0 bridgehead atoms. The molecule has 0 aliphatic heterocycles. The molecule has 0 heterocycles. The fraction of sp³-hybridized carbons (Fsp3) is 0.667. The molecule has 120 valence electrons. The van der Waals surface area contributed by atoms with Gasteiger partial charge in [-0.25, -0.2) is 0 Å². The number of likely N-dealkylation sites (N-methyl/N-ethyl adjacent to an activating group) is 1. The second-order valence-electron chi connectivity index (χ2n) is 6.21. The van der Waals surface area contributed by atoms with Crippen LogP contribution in [0.15, 0.2) is 24.3 Å². The first-order chi connectivity index (χ1) is 10.1. The average Bonchev–Trinajstić information content (AvgIpc) is 2.46. The van der Waals surface area contributed by atoms with E-state index in [-0.39, 0.29) is 0 Å². The SMILES string of the molecule is CCN(Cc1ccc(CNCC(C)C)cc1)C(C)COC. The summed E-state index contributed by atoms with van der Waals surface area (Å²) in [6.07, 6.45) is 0. The highest BCUT2D eigenvalue weighted by atomic mass is 16.5. The van der Waals surface area contributed by atoms with Gasteiger partial charge >= 0.3 is 0 Å². The van der Waals surface area contributed by atoms with E-state index in [1.807, 2.05) is 0 Å². The molecule has 1 rings (SSSR count). The van der Waals surface area contributed by atoms with Gasteiger partial charge in [-0.3, -0.25) is 4.90 Å². The van der Waals surface area contributed by atoms with Crippen molar-refractivity contribution in [2.45, 2.75) is 46.8 Å². The molecule has 0 saturated heterocycles. The fourth-order valence-electron chi connectivity index (χ4n) is 2.43. The van der Waals surface area contributed by atoms with Crippen LogP contribution in [0.4, 0.5) is 0 Å². The Kier molecular flexibility index (Phi) is 8.58. The Morgan fingerprint density at radius 2 is 1.71 bits per heavy atom. The molecular weight excluding hydrogens is 260 g/mol. The Hall–Kier alpha value is -0.900. The van der Waals surface area contributed by atoms with E-state index in [9.17, 15) is 0 Å². The third-order valence-corrected chi connectivity index (χ3v) is 3.73. The lowest BCUT2D eigenvalue weighted by atomic mass is 10.1. The van der Waals surface area contributed by atoms with Crippen molar-refractivity contribution in [2.24, 2.45) is 5.92 Å². The zero-order chi connectivity index (χ0) is 15.7. The average molecular weight is 292 g/mol. The molecule has 3 nitrogen and oxygen atoms in total. The van der Waals surface area contributed by atoms with Crippen LogP contribution in [0.5, 0.6) is 0 Å². The summed E-state index contributed by atoms with van der Waals surface area (Å²) in [4.78, 5) is 2.44. The molecule has 3 heteroatoms. The van der Waals surface area contributed by atoms with Gasteiger partial charge in [0.25, 0.3) is 0 Å². The number of methoxy groups -OCH3 is 1. The number of benzene rings is 1. The van der Waals surface area contributed by atoms with E-state index in [0.717, 1.165) is 32.8 Å². The summed E-state index contributed by atoms with van der Waals surface area (Å²) in [7, 11) is 1.77. The van der Waals surface area contributed by atoms with E-state index in [2.05, 4.69) is 62.2 Å². The lowest BCUT2D eigenvalue weighted by Crippen LogP contribution is -2.35. The topological polar surface area (TPSA) is 24.5 Å². The van der Waals surface area contributed by atoms with Gasteiger partial charge in [-0.05, 0) is 37.1 Å². The van der Waals surface area contributed by atoms with E-state index in [0.29, 0.717) is 12.0 Å². The molecule has 0 aliphatic carbocycles. The standard InChI is InChI=1S/C18H32N2O/c1-6-20(16(4)14-21-5)13-18-9-7-17(8-10-18)12-19-11-15(2)3/h7-10,15-16,19H,6,11-14H2,1-5H3. The van der Waals surface area contributed by atoms with Crippen molar-refractivity contribution in [3.8, 4) is 0 Å². The Bertz CT molecular complexity index is 375. The number of ether oxygens (including phenoxy) is 1. The van der Waals surface area contributed by atoms with E-state index in [1.54, 1.807) is 7.11 Å². The van der Waals surface area contributed by atoms with Crippen molar-refractivity contribution >= 4 is 0 Å². The smallest absolute Gasteiger partial charge is 0.0615 e.